The van der Waals surface area contributed by atoms with Gasteiger partial charge in [0.1, 0.15) is 5.69 Å². The first-order valence-electron chi connectivity index (χ1n) is 6.28. The molecule has 100 valence electrons. The normalized spacial score (nSPS) is 10.8. The number of thiophene rings is 1. The highest BCUT2D eigenvalue weighted by atomic mass is 127. The Morgan fingerprint density at radius 2 is 1.65 bits per heavy atom. The van der Waals surface area contributed by atoms with Gasteiger partial charge < -0.3 is 24.0 Å². The molecule has 0 aliphatic heterocycles. The molecule has 0 N–H and O–H groups in total. The summed E-state index contributed by atoms with van der Waals surface area (Å²) in [5.41, 5.74) is 2.51. The van der Waals surface area contributed by atoms with Crippen LogP contribution in [0.15, 0.2) is 60.9 Å². The van der Waals surface area contributed by atoms with Gasteiger partial charge >= 0.3 is 0 Å². The summed E-state index contributed by atoms with van der Waals surface area (Å²) in [7, 11) is 2.11. The van der Waals surface area contributed by atoms with Crippen LogP contribution in [-0.2, 0) is 7.05 Å². The maximum Gasteiger partial charge on any atom is 0.250 e. The maximum atomic E-state index is 2.27. The molecule has 0 radical (unpaired) electrons. The van der Waals surface area contributed by atoms with E-state index in [4.69, 9.17) is 0 Å². The standard InChI is InChI=1S/C16H13N2S.HI/c1-17-11-18(12-7-3-2-4-8-12)15-13-9-5-6-10-14(13)19-16(15)17;/h2-11H,1H3;1H/q+1;/p-1. The van der Waals surface area contributed by atoms with Gasteiger partial charge in [-0.15, -0.1) is 0 Å². The van der Waals surface area contributed by atoms with Crippen molar-refractivity contribution in [1.29, 1.82) is 0 Å². The minimum Gasteiger partial charge on any atom is -1.00 e. The molecule has 0 saturated heterocycles. The highest BCUT2D eigenvalue weighted by Crippen LogP contribution is 2.33. The van der Waals surface area contributed by atoms with Crippen molar-refractivity contribution in [3.05, 3.63) is 60.9 Å². The van der Waals surface area contributed by atoms with E-state index in [0.29, 0.717) is 0 Å². The second kappa shape index (κ2) is 5.18. The van der Waals surface area contributed by atoms with Crippen LogP contribution in [-0.4, -0.2) is 4.57 Å². The van der Waals surface area contributed by atoms with Crippen LogP contribution in [0.3, 0.4) is 0 Å². The predicted octanol–water partition coefficient (Wildman–Crippen LogP) is 0.674. The molecule has 4 aromatic rings. The van der Waals surface area contributed by atoms with Crippen molar-refractivity contribution in [3.63, 3.8) is 0 Å². The van der Waals surface area contributed by atoms with E-state index in [0.717, 1.165) is 0 Å². The third kappa shape index (κ3) is 1.94. The molecule has 0 fully saturated rings. The third-order valence-corrected chi connectivity index (χ3v) is 4.69. The lowest BCUT2D eigenvalue weighted by Gasteiger charge is -1.96. The molecule has 2 nitrogen and oxygen atoms in total. The van der Waals surface area contributed by atoms with E-state index in [1.165, 1.54) is 26.1 Å². The number of imidazole rings is 1. The fourth-order valence-corrected chi connectivity index (χ4v) is 3.68. The number of hydrogen-bond donors (Lipinski definition) is 0. The average Bonchev–Trinajstić information content (AvgIpc) is 2.98. The van der Waals surface area contributed by atoms with Crippen LogP contribution >= 0.6 is 11.3 Å². The summed E-state index contributed by atoms with van der Waals surface area (Å²) < 4.78 is 5.81. The van der Waals surface area contributed by atoms with E-state index >= 15 is 0 Å². The molecule has 4 heteroatoms. The molecule has 0 aliphatic carbocycles. The fourth-order valence-electron chi connectivity index (χ4n) is 2.56. The van der Waals surface area contributed by atoms with Gasteiger partial charge in [0, 0.05) is 10.1 Å². The minimum absolute atomic E-state index is 0. The summed E-state index contributed by atoms with van der Waals surface area (Å²) in [6, 6.07) is 19.1. The zero-order chi connectivity index (χ0) is 12.8. The largest absolute Gasteiger partial charge is 1.00 e. The Kier molecular flexibility index (Phi) is 3.52. The van der Waals surface area contributed by atoms with Gasteiger partial charge in [0.15, 0.2) is 5.52 Å². The summed E-state index contributed by atoms with van der Waals surface area (Å²) in [6.45, 7) is 0. The Morgan fingerprint density at radius 3 is 2.45 bits per heavy atom. The summed E-state index contributed by atoms with van der Waals surface area (Å²) in [6.07, 6.45) is 2.16. The topological polar surface area (TPSA) is 8.81 Å². The van der Waals surface area contributed by atoms with Crippen LogP contribution in [0.1, 0.15) is 0 Å². The van der Waals surface area contributed by atoms with Gasteiger partial charge in [0.2, 0.25) is 11.2 Å². The number of aryl methyl sites for hydroxylation is 1. The maximum absolute atomic E-state index is 2.27. The fraction of sp³-hybridized carbons (Fsp3) is 0.0625. The van der Waals surface area contributed by atoms with Crippen LogP contribution in [0.2, 0.25) is 0 Å². The number of para-hydroxylation sites is 1. The van der Waals surface area contributed by atoms with Gasteiger partial charge in [-0.2, -0.15) is 4.57 Å². The molecule has 0 unspecified atom stereocenters. The Balaban J connectivity index is 0.00000121. The van der Waals surface area contributed by atoms with Gasteiger partial charge in [-0.25, -0.2) is 4.57 Å². The highest BCUT2D eigenvalue weighted by molar-refractivity contribution is 7.25. The zero-order valence-corrected chi connectivity index (χ0v) is 13.9. The van der Waals surface area contributed by atoms with Crippen molar-refractivity contribution in [2.75, 3.05) is 0 Å². The van der Waals surface area contributed by atoms with E-state index in [1.807, 2.05) is 11.3 Å². The van der Waals surface area contributed by atoms with Crippen molar-refractivity contribution >= 4 is 31.8 Å². The van der Waals surface area contributed by atoms with Crippen LogP contribution in [0, 0.1) is 0 Å². The van der Waals surface area contributed by atoms with Gasteiger partial charge in [-0.3, -0.25) is 0 Å². The first-order valence-corrected chi connectivity index (χ1v) is 7.10. The Bertz CT molecular complexity index is 877. The minimum atomic E-state index is 0. The van der Waals surface area contributed by atoms with E-state index in [-0.39, 0.29) is 24.0 Å². The van der Waals surface area contributed by atoms with Crippen LogP contribution in [0.25, 0.3) is 26.1 Å². The number of rotatable bonds is 1. The molecule has 2 aromatic carbocycles. The number of hydrogen-bond acceptors (Lipinski definition) is 1. The zero-order valence-electron chi connectivity index (χ0n) is 11.0. The lowest BCUT2D eigenvalue weighted by molar-refractivity contribution is -0.643. The van der Waals surface area contributed by atoms with Crippen molar-refractivity contribution in [2.45, 2.75) is 0 Å². The third-order valence-electron chi connectivity index (χ3n) is 3.44. The molecular formula is C16H13IN2S. The molecule has 0 atom stereocenters. The van der Waals surface area contributed by atoms with Gasteiger partial charge in [0.05, 0.1) is 7.05 Å². The van der Waals surface area contributed by atoms with Crippen molar-refractivity contribution in [3.8, 4) is 5.69 Å². The second-order valence-corrected chi connectivity index (χ2v) is 5.71. The lowest BCUT2D eigenvalue weighted by Crippen LogP contribution is -3.00. The van der Waals surface area contributed by atoms with Crippen LogP contribution in [0.4, 0.5) is 0 Å². The molecule has 0 saturated carbocycles. The Labute approximate surface area is 138 Å². The number of nitrogens with zero attached hydrogens (tertiary/aromatic N) is 2. The van der Waals surface area contributed by atoms with Crippen LogP contribution < -0.4 is 28.5 Å². The first kappa shape index (κ1) is 13.6. The lowest BCUT2D eigenvalue weighted by atomic mass is 10.2. The van der Waals surface area contributed by atoms with Gasteiger partial charge in [0.25, 0.3) is 0 Å². The summed E-state index contributed by atoms with van der Waals surface area (Å²) in [5, 5.41) is 1.33. The number of fused-ring (bicyclic) bond motifs is 3. The van der Waals surface area contributed by atoms with Crippen molar-refractivity contribution in [2.24, 2.45) is 7.05 Å². The smallest absolute Gasteiger partial charge is 0.250 e. The summed E-state index contributed by atoms with van der Waals surface area (Å²) in [4.78, 5) is 1.31. The SMILES string of the molecule is C[n+]1cn(-c2ccccc2)c2c3ccccc3sc21.[I-]. The number of aromatic nitrogens is 2. The monoisotopic (exact) mass is 392 g/mol. The molecule has 2 heterocycles. The Morgan fingerprint density at radius 1 is 0.950 bits per heavy atom. The van der Waals surface area contributed by atoms with E-state index in [9.17, 15) is 0 Å². The predicted molar refractivity (Wildman–Crippen MR) is 79.8 cm³/mol. The molecule has 4 rings (SSSR count). The van der Waals surface area contributed by atoms with Gasteiger partial charge in [-0.05, 0) is 24.3 Å². The molecule has 0 spiro atoms. The second-order valence-electron chi connectivity index (χ2n) is 4.68. The molecule has 0 amide bonds. The summed E-state index contributed by atoms with van der Waals surface area (Å²) in [5.74, 6) is 0. The van der Waals surface area contributed by atoms with Crippen LogP contribution in [0.5, 0.6) is 0 Å². The van der Waals surface area contributed by atoms with E-state index in [1.54, 1.807) is 0 Å². The molecule has 2 aromatic heterocycles. The molecular weight excluding hydrogens is 379 g/mol. The molecule has 0 aliphatic rings. The number of benzene rings is 2. The quantitative estimate of drug-likeness (QED) is 0.333. The van der Waals surface area contributed by atoms with E-state index in [2.05, 4.69) is 77.1 Å². The van der Waals surface area contributed by atoms with Crippen molar-refractivity contribution < 1.29 is 28.5 Å². The average molecular weight is 392 g/mol. The van der Waals surface area contributed by atoms with Gasteiger partial charge in [-0.1, -0.05) is 41.7 Å². The van der Waals surface area contributed by atoms with Crippen molar-refractivity contribution in [1.82, 2.24) is 4.57 Å². The molecule has 20 heavy (non-hydrogen) atoms. The highest BCUT2D eigenvalue weighted by Gasteiger charge is 2.20. The first-order chi connectivity index (χ1) is 9.34. The molecule has 0 bridgehead atoms. The summed E-state index contributed by atoms with van der Waals surface area (Å²) >= 11 is 1.85. The number of halogens is 1. The Hall–Kier alpha value is -1.40. The van der Waals surface area contributed by atoms with E-state index < -0.39 is 0 Å².